The van der Waals surface area contributed by atoms with Gasteiger partial charge in [-0.3, -0.25) is 4.79 Å². The Bertz CT molecular complexity index is 1530. The molecule has 7 nitrogen and oxygen atoms in total. The van der Waals surface area contributed by atoms with Gasteiger partial charge < -0.3 is 19.1 Å². The third-order valence-electron chi connectivity index (χ3n) is 7.83. The number of fused-ring (bicyclic) bond motifs is 1. The zero-order chi connectivity index (χ0) is 27.1. The molecule has 0 saturated carbocycles. The van der Waals surface area contributed by atoms with Crippen LogP contribution in [0.2, 0.25) is 5.02 Å². The van der Waals surface area contributed by atoms with Crippen LogP contribution in [0.15, 0.2) is 59.1 Å². The number of hydrogen-bond acceptors (Lipinski definition) is 6. The number of likely N-dealkylation sites (tertiary alicyclic amines) is 1. The standard InChI is InChI=1S/C31H31ClN4O3/c1-19-15-24(30-33-20(2)39-34-30)10-11-26(19)21-6-8-22(9-7-21)31(37)36-14-12-23-16-27(32)29(17-28(23)36)38-18-25-5-4-13-35(25)3/h6-11,15-17,25H,4-5,12-14,18H2,1-3H3. The summed E-state index contributed by atoms with van der Waals surface area (Å²) in [5, 5.41) is 4.61. The Morgan fingerprint density at radius 3 is 2.56 bits per heavy atom. The van der Waals surface area contributed by atoms with Gasteiger partial charge in [0.25, 0.3) is 5.91 Å². The summed E-state index contributed by atoms with van der Waals surface area (Å²) in [4.78, 5) is 22.0. The number of benzene rings is 3. The van der Waals surface area contributed by atoms with Crippen molar-refractivity contribution in [3.63, 3.8) is 0 Å². The van der Waals surface area contributed by atoms with E-state index < -0.39 is 0 Å². The van der Waals surface area contributed by atoms with Gasteiger partial charge in [0, 0.05) is 36.7 Å². The second-order valence-corrected chi connectivity index (χ2v) is 10.9. The molecule has 2 aliphatic rings. The molecule has 0 aliphatic carbocycles. The van der Waals surface area contributed by atoms with Crippen LogP contribution in [0, 0.1) is 13.8 Å². The average Bonchev–Trinajstić information content (AvgIpc) is 3.66. The smallest absolute Gasteiger partial charge is 0.258 e. The zero-order valence-corrected chi connectivity index (χ0v) is 23.2. The van der Waals surface area contributed by atoms with E-state index in [1.54, 1.807) is 6.92 Å². The summed E-state index contributed by atoms with van der Waals surface area (Å²) >= 11 is 6.55. The number of amides is 1. The number of likely N-dealkylation sites (N-methyl/N-ethyl adjacent to an activating group) is 1. The Balaban J connectivity index is 1.19. The first-order valence-electron chi connectivity index (χ1n) is 13.4. The molecule has 3 heterocycles. The maximum atomic E-state index is 13.6. The van der Waals surface area contributed by atoms with Crippen molar-refractivity contribution < 1.29 is 14.1 Å². The Kier molecular flexibility index (Phi) is 6.87. The zero-order valence-electron chi connectivity index (χ0n) is 22.4. The summed E-state index contributed by atoms with van der Waals surface area (Å²) in [6, 6.07) is 18.2. The quantitative estimate of drug-likeness (QED) is 0.283. The van der Waals surface area contributed by atoms with Gasteiger partial charge in [-0.2, -0.15) is 4.98 Å². The lowest BCUT2D eigenvalue weighted by Crippen LogP contribution is -2.31. The number of aryl methyl sites for hydroxylation is 2. The molecule has 0 radical (unpaired) electrons. The molecule has 1 unspecified atom stereocenters. The molecule has 0 N–H and O–H groups in total. The highest BCUT2D eigenvalue weighted by Gasteiger charge is 2.28. The first kappa shape index (κ1) is 25.6. The molecule has 1 fully saturated rings. The Labute approximate surface area is 233 Å². The van der Waals surface area contributed by atoms with E-state index in [1.807, 2.05) is 47.4 Å². The number of aromatic nitrogens is 2. The van der Waals surface area contributed by atoms with Crippen molar-refractivity contribution in [2.45, 2.75) is 39.2 Å². The Morgan fingerprint density at radius 1 is 1.08 bits per heavy atom. The van der Waals surface area contributed by atoms with Crippen LogP contribution in [0.5, 0.6) is 5.75 Å². The Morgan fingerprint density at radius 2 is 1.87 bits per heavy atom. The van der Waals surface area contributed by atoms with Crippen molar-refractivity contribution >= 4 is 23.2 Å². The minimum atomic E-state index is -0.0244. The van der Waals surface area contributed by atoms with E-state index in [2.05, 4.69) is 41.1 Å². The fourth-order valence-electron chi connectivity index (χ4n) is 5.58. The van der Waals surface area contributed by atoms with Crippen LogP contribution in [0.3, 0.4) is 0 Å². The van der Waals surface area contributed by atoms with Gasteiger partial charge in [-0.1, -0.05) is 41.0 Å². The second-order valence-electron chi connectivity index (χ2n) is 10.4. The van der Waals surface area contributed by atoms with E-state index in [0.29, 0.717) is 47.2 Å². The summed E-state index contributed by atoms with van der Waals surface area (Å²) in [6.45, 7) is 6.15. The topological polar surface area (TPSA) is 71.7 Å². The van der Waals surface area contributed by atoms with E-state index in [0.717, 1.165) is 52.9 Å². The van der Waals surface area contributed by atoms with Crippen LogP contribution in [-0.4, -0.2) is 53.7 Å². The molecule has 1 amide bonds. The molecule has 0 bridgehead atoms. The summed E-state index contributed by atoms with van der Waals surface area (Å²) < 4.78 is 11.2. The molecule has 6 rings (SSSR count). The number of hydrogen-bond donors (Lipinski definition) is 0. The number of anilines is 1. The van der Waals surface area contributed by atoms with Crippen molar-refractivity contribution in [3.05, 3.63) is 82.2 Å². The number of ether oxygens (including phenoxy) is 1. The van der Waals surface area contributed by atoms with Gasteiger partial charge in [0.05, 0.1) is 10.7 Å². The molecular weight excluding hydrogens is 512 g/mol. The van der Waals surface area contributed by atoms with Crippen molar-refractivity contribution in [2.24, 2.45) is 0 Å². The third-order valence-corrected chi connectivity index (χ3v) is 8.13. The number of rotatable bonds is 6. The van der Waals surface area contributed by atoms with Gasteiger partial charge in [-0.05, 0) is 86.3 Å². The van der Waals surface area contributed by atoms with Gasteiger partial charge in [0.2, 0.25) is 11.7 Å². The molecule has 1 atom stereocenters. The van der Waals surface area contributed by atoms with Gasteiger partial charge in [-0.25, -0.2) is 0 Å². The van der Waals surface area contributed by atoms with Crippen molar-refractivity contribution in [1.82, 2.24) is 15.0 Å². The molecule has 1 aromatic heterocycles. The average molecular weight is 543 g/mol. The first-order valence-corrected chi connectivity index (χ1v) is 13.7. The van der Waals surface area contributed by atoms with Gasteiger partial charge in [-0.15, -0.1) is 0 Å². The van der Waals surface area contributed by atoms with Crippen molar-refractivity contribution in [1.29, 1.82) is 0 Å². The van der Waals surface area contributed by atoms with E-state index in [4.69, 9.17) is 20.9 Å². The molecule has 0 spiro atoms. The predicted octanol–water partition coefficient (Wildman–Crippen LogP) is 6.35. The molecular formula is C31H31ClN4O3. The van der Waals surface area contributed by atoms with E-state index in [9.17, 15) is 4.79 Å². The summed E-state index contributed by atoms with van der Waals surface area (Å²) in [5.74, 6) is 1.73. The van der Waals surface area contributed by atoms with E-state index in [-0.39, 0.29) is 5.91 Å². The van der Waals surface area contributed by atoms with Crippen LogP contribution in [0.4, 0.5) is 5.69 Å². The highest BCUT2D eigenvalue weighted by atomic mass is 35.5. The second kappa shape index (κ2) is 10.5. The maximum absolute atomic E-state index is 13.6. The number of carbonyl (C=O) groups excluding carboxylic acids is 1. The van der Waals surface area contributed by atoms with E-state index >= 15 is 0 Å². The molecule has 3 aromatic carbocycles. The van der Waals surface area contributed by atoms with Crippen molar-refractivity contribution in [2.75, 3.05) is 31.6 Å². The minimum Gasteiger partial charge on any atom is -0.490 e. The molecule has 4 aromatic rings. The lowest BCUT2D eigenvalue weighted by Gasteiger charge is -2.22. The van der Waals surface area contributed by atoms with Crippen molar-refractivity contribution in [3.8, 4) is 28.3 Å². The first-order chi connectivity index (χ1) is 18.9. The van der Waals surface area contributed by atoms with Crippen LogP contribution in [0.25, 0.3) is 22.5 Å². The number of carbonyl (C=O) groups is 1. The lowest BCUT2D eigenvalue weighted by molar-refractivity contribution is 0.0989. The molecule has 200 valence electrons. The molecule has 39 heavy (non-hydrogen) atoms. The third kappa shape index (κ3) is 5.04. The monoisotopic (exact) mass is 542 g/mol. The van der Waals surface area contributed by atoms with Gasteiger partial charge in [0.1, 0.15) is 12.4 Å². The van der Waals surface area contributed by atoms with Crippen LogP contribution in [0.1, 0.15) is 40.2 Å². The van der Waals surface area contributed by atoms with Gasteiger partial charge in [0.15, 0.2) is 0 Å². The summed E-state index contributed by atoms with van der Waals surface area (Å²) in [7, 11) is 2.13. The van der Waals surface area contributed by atoms with Crippen LogP contribution >= 0.6 is 11.6 Å². The van der Waals surface area contributed by atoms with Gasteiger partial charge >= 0.3 is 0 Å². The number of halogens is 1. The van der Waals surface area contributed by atoms with Crippen LogP contribution < -0.4 is 9.64 Å². The summed E-state index contributed by atoms with van der Waals surface area (Å²) in [5.41, 5.74) is 6.74. The SMILES string of the molecule is Cc1nc(-c2ccc(-c3ccc(C(=O)N4CCc5cc(Cl)c(OCC6CCCN6C)cc54)cc3)c(C)c2)no1. The molecule has 1 saturated heterocycles. The molecule has 2 aliphatic heterocycles. The van der Waals surface area contributed by atoms with E-state index in [1.165, 1.54) is 6.42 Å². The van der Waals surface area contributed by atoms with Crippen LogP contribution in [-0.2, 0) is 6.42 Å². The fourth-order valence-corrected chi connectivity index (χ4v) is 5.82. The normalized spacial score (nSPS) is 17.0. The lowest BCUT2D eigenvalue weighted by atomic mass is 9.97. The minimum absolute atomic E-state index is 0.0244. The molecule has 8 heteroatoms. The number of nitrogens with zero attached hydrogens (tertiary/aromatic N) is 4. The largest absolute Gasteiger partial charge is 0.490 e. The highest BCUT2D eigenvalue weighted by Crippen LogP contribution is 2.38. The summed E-state index contributed by atoms with van der Waals surface area (Å²) in [6.07, 6.45) is 3.09. The Hall–Kier alpha value is -3.68. The predicted molar refractivity (Wildman–Crippen MR) is 153 cm³/mol. The maximum Gasteiger partial charge on any atom is 0.258 e. The fraction of sp³-hybridized carbons (Fsp3) is 0.323. The highest BCUT2D eigenvalue weighted by molar-refractivity contribution is 6.32.